The van der Waals surface area contributed by atoms with Gasteiger partial charge < -0.3 is 9.84 Å². The second-order valence-corrected chi connectivity index (χ2v) is 6.08. The molecule has 18 heavy (non-hydrogen) atoms. The summed E-state index contributed by atoms with van der Waals surface area (Å²) in [6, 6.07) is 0. The molecule has 0 heterocycles. The molecule has 0 aliphatic heterocycles. The van der Waals surface area contributed by atoms with Gasteiger partial charge >= 0.3 is 5.97 Å². The summed E-state index contributed by atoms with van der Waals surface area (Å²) in [5.41, 5.74) is 0.468. The Balaban J connectivity index is 2.77. The highest BCUT2D eigenvalue weighted by Gasteiger charge is 2.42. The molecule has 0 spiro atoms. The first-order chi connectivity index (χ1) is 8.28. The molecule has 0 aromatic heterocycles. The molecular formula is C15H26O3. The zero-order valence-electron chi connectivity index (χ0n) is 12.2. The fourth-order valence-electron chi connectivity index (χ4n) is 2.86. The first-order valence-corrected chi connectivity index (χ1v) is 6.81. The molecule has 1 N–H and O–H groups in total. The largest absolute Gasteiger partial charge is 0.466 e. The van der Waals surface area contributed by atoms with Gasteiger partial charge in [0.1, 0.15) is 0 Å². The zero-order chi connectivity index (χ0) is 13.9. The van der Waals surface area contributed by atoms with E-state index in [-0.39, 0.29) is 11.9 Å². The fraction of sp³-hybridized carbons (Fsp3) is 0.800. The average Bonchev–Trinajstić information content (AvgIpc) is 2.26. The lowest BCUT2D eigenvalue weighted by Gasteiger charge is -2.37. The van der Waals surface area contributed by atoms with Crippen LogP contribution in [-0.2, 0) is 9.53 Å². The molecule has 0 aromatic rings. The van der Waals surface area contributed by atoms with Crippen LogP contribution in [0.25, 0.3) is 0 Å². The molecule has 0 amide bonds. The molecule has 1 rings (SSSR count). The maximum Gasteiger partial charge on any atom is 0.314 e. The third-order valence-electron chi connectivity index (χ3n) is 3.82. The van der Waals surface area contributed by atoms with Crippen LogP contribution in [0.3, 0.4) is 0 Å². The van der Waals surface area contributed by atoms with E-state index < -0.39 is 11.5 Å². The maximum atomic E-state index is 11.9. The summed E-state index contributed by atoms with van der Waals surface area (Å²) in [5.74, 6) is 0.304. The van der Waals surface area contributed by atoms with E-state index in [1.165, 1.54) is 5.57 Å². The van der Waals surface area contributed by atoms with E-state index in [4.69, 9.17) is 4.74 Å². The van der Waals surface area contributed by atoms with Crippen molar-refractivity contribution >= 4 is 5.97 Å². The van der Waals surface area contributed by atoms with Crippen molar-refractivity contribution in [2.24, 2.45) is 17.3 Å². The van der Waals surface area contributed by atoms with Gasteiger partial charge in [-0.1, -0.05) is 18.6 Å². The predicted molar refractivity (Wildman–Crippen MR) is 72.1 cm³/mol. The standard InChI is InChI=1S/C15H26O3/c1-6-18-14(17)15(4,5)13(16)12-8-10(2)7-11(3)9-12/h7,10,12-13,16H,6,8-9H2,1-5H3. The van der Waals surface area contributed by atoms with E-state index in [1.807, 2.05) is 0 Å². The van der Waals surface area contributed by atoms with Crippen molar-refractivity contribution in [3.8, 4) is 0 Å². The van der Waals surface area contributed by atoms with Crippen LogP contribution in [-0.4, -0.2) is 23.8 Å². The van der Waals surface area contributed by atoms with Gasteiger partial charge in [0.25, 0.3) is 0 Å². The molecule has 3 heteroatoms. The third kappa shape index (κ3) is 3.35. The minimum absolute atomic E-state index is 0.143. The van der Waals surface area contributed by atoms with E-state index in [0.29, 0.717) is 12.5 Å². The normalized spacial score (nSPS) is 26.4. The van der Waals surface area contributed by atoms with Gasteiger partial charge in [0, 0.05) is 0 Å². The van der Waals surface area contributed by atoms with Gasteiger partial charge in [-0.15, -0.1) is 0 Å². The molecule has 104 valence electrons. The number of hydrogen-bond donors (Lipinski definition) is 1. The lowest BCUT2D eigenvalue weighted by molar-refractivity contribution is -0.162. The summed E-state index contributed by atoms with van der Waals surface area (Å²) in [6.07, 6.45) is 3.40. The van der Waals surface area contributed by atoms with Crippen LogP contribution in [0.4, 0.5) is 0 Å². The van der Waals surface area contributed by atoms with Crippen LogP contribution >= 0.6 is 0 Å². The number of carbonyl (C=O) groups is 1. The van der Waals surface area contributed by atoms with Crippen molar-refractivity contribution in [2.45, 2.75) is 53.6 Å². The minimum atomic E-state index is -0.835. The Kier molecular flexibility index (Phi) is 4.97. The molecule has 1 aliphatic rings. The van der Waals surface area contributed by atoms with Crippen molar-refractivity contribution in [2.75, 3.05) is 6.61 Å². The highest BCUT2D eigenvalue weighted by atomic mass is 16.5. The maximum absolute atomic E-state index is 11.9. The minimum Gasteiger partial charge on any atom is -0.466 e. The molecule has 0 fully saturated rings. The topological polar surface area (TPSA) is 46.5 Å². The van der Waals surface area contributed by atoms with Crippen LogP contribution in [0, 0.1) is 17.3 Å². The summed E-state index contributed by atoms with van der Waals surface area (Å²) >= 11 is 0. The molecular weight excluding hydrogens is 228 g/mol. The van der Waals surface area contributed by atoms with E-state index in [0.717, 1.165) is 12.8 Å². The van der Waals surface area contributed by atoms with Gasteiger partial charge in [-0.3, -0.25) is 4.79 Å². The second kappa shape index (κ2) is 5.87. The third-order valence-corrected chi connectivity index (χ3v) is 3.82. The summed E-state index contributed by atoms with van der Waals surface area (Å²) in [6.45, 7) is 9.93. The van der Waals surface area contributed by atoms with Crippen LogP contribution in [0.15, 0.2) is 11.6 Å². The van der Waals surface area contributed by atoms with Crippen LogP contribution < -0.4 is 0 Å². The molecule has 0 aromatic carbocycles. The lowest BCUT2D eigenvalue weighted by atomic mass is 9.72. The van der Waals surface area contributed by atoms with Gasteiger partial charge in [-0.25, -0.2) is 0 Å². The van der Waals surface area contributed by atoms with Gasteiger partial charge in [0.2, 0.25) is 0 Å². The first kappa shape index (κ1) is 15.2. The first-order valence-electron chi connectivity index (χ1n) is 6.81. The quantitative estimate of drug-likeness (QED) is 0.620. The smallest absolute Gasteiger partial charge is 0.314 e. The number of aliphatic hydroxyl groups is 1. The van der Waals surface area contributed by atoms with Gasteiger partial charge in [-0.2, -0.15) is 0 Å². The van der Waals surface area contributed by atoms with E-state index in [1.54, 1.807) is 20.8 Å². The average molecular weight is 254 g/mol. The summed E-state index contributed by atoms with van der Waals surface area (Å²) in [7, 11) is 0. The predicted octanol–water partition coefficient (Wildman–Crippen LogP) is 2.93. The number of carbonyl (C=O) groups excluding carboxylic acids is 1. The van der Waals surface area contributed by atoms with Crippen molar-refractivity contribution in [3.63, 3.8) is 0 Å². The second-order valence-electron chi connectivity index (χ2n) is 6.08. The van der Waals surface area contributed by atoms with Gasteiger partial charge in [-0.05, 0) is 52.4 Å². The monoisotopic (exact) mass is 254 g/mol. The van der Waals surface area contributed by atoms with E-state index in [2.05, 4.69) is 19.9 Å². The lowest BCUT2D eigenvalue weighted by Crippen LogP contribution is -2.44. The molecule has 1 aliphatic carbocycles. The molecule has 0 radical (unpaired) electrons. The van der Waals surface area contributed by atoms with Crippen LogP contribution in [0.2, 0.25) is 0 Å². The molecule has 0 bridgehead atoms. The van der Waals surface area contributed by atoms with E-state index in [9.17, 15) is 9.90 Å². The van der Waals surface area contributed by atoms with E-state index >= 15 is 0 Å². The van der Waals surface area contributed by atoms with Gasteiger partial charge in [0.05, 0.1) is 18.1 Å². The number of ether oxygens (including phenoxy) is 1. The molecule has 3 unspecified atom stereocenters. The zero-order valence-corrected chi connectivity index (χ0v) is 12.2. The Morgan fingerprint density at radius 1 is 1.61 bits per heavy atom. The Labute approximate surface area is 110 Å². The number of hydrogen-bond acceptors (Lipinski definition) is 3. The Hall–Kier alpha value is -0.830. The number of allylic oxidation sites excluding steroid dienone is 2. The SMILES string of the molecule is CCOC(=O)C(C)(C)C(O)C1CC(C)=CC(C)C1. The van der Waals surface area contributed by atoms with Crippen LogP contribution in [0.5, 0.6) is 0 Å². The Morgan fingerprint density at radius 2 is 2.22 bits per heavy atom. The number of esters is 1. The molecule has 0 saturated carbocycles. The van der Waals surface area contributed by atoms with Gasteiger partial charge in [0.15, 0.2) is 0 Å². The fourth-order valence-corrected chi connectivity index (χ4v) is 2.86. The van der Waals surface area contributed by atoms with Crippen molar-refractivity contribution < 1.29 is 14.6 Å². The van der Waals surface area contributed by atoms with Crippen molar-refractivity contribution in [1.82, 2.24) is 0 Å². The van der Waals surface area contributed by atoms with Crippen molar-refractivity contribution in [1.29, 1.82) is 0 Å². The number of rotatable bonds is 4. The summed E-state index contributed by atoms with van der Waals surface area (Å²) in [4.78, 5) is 11.9. The molecule has 3 nitrogen and oxygen atoms in total. The van der Waals surface area contributed by atoms with Crippen molar-refractivity contribution in [3.05, 3.63) is 11.6 Å². The number of aliphatic hydroxyl groups excluding tert-OH is 1. The Morgan fingerprint density at radius 3 is 2.72 bits per heavy atom. The summed E-state index contributed by atoms with van der Waals surface area (Å²) in [5, 5.41) is 10.5. The highest BCUT2D eigenvalue weighted by molar-refractivity contribution is 5.76. The highest BCUT2D eigenvalue weighted by Crippen LogP contribution is 2.37. The molecule has 0 saturated heterocycles. The van der Waals surface area contributed by atoms with Crippen LogP contribution in [0.1, 0.15) is 47.5 Å². The summed E-state index contributed by atoms with van der Waals surface area (Å²) < 4.78 is 5.06. The molecule has 3 atom stereocenters. The Bertz CT molecular complexity index is 331.